The Bertz CT molecular complexity index is 1180. The standard InChI is InChI=1S/C28H28N6O4/c35-25(31-23-7-3-1-4-8-23)15-17-27(37)33-29-19-21-11-13-22(14-12-21)20-30-34-28(38)18-16-26(36)32-24-9-5-2-6-10-24/h1-14,19-20H,15-18H2,(H,31,35)(H,32,36)(H,33,37)(H,34,38)/b29-19-,30-20+. The van der Waals surface area contributed by atoms with E-state index in [1.165, 1.54) is 12.4 Å². The monoisotopic (exact) mass is 512 g/mol. The number of rotatable bonds is 12. The highest BCUT2D eigenvalue weighted by Gasteiger charge is 2.07. The van der Waals surface area contributed by atoms with Gasteiger partial charge in [0.1, 0.15) is 0 Å². The maximum absolute atomic E-state index is 11.9. The van der Waals surface area contributed by atoms with Crippen molar-refractivity contribution in [2.45, 2.75) is 25.7 Å². The SMILES string of the molecule is O=C(CCC(=O)Nc1ccccc1)N/N=C\c1ccc(/C=N/NC(=O)CCC(=O)Nc2ccccc2)cc1. The van der Waals surface area contributed by atoms with Crippen molar-refractivity contribution >= 4 is 47.4 Å². The fourth-order valence-electron chi connectivity index (χ4n) is 3.08. The van der Waals surface area contributed by atoms with Crippen molar-refractivity contribution in [3.05, 3.63) is 96.1 Å². The number of carbonyl (C=O) groups is 4. The second-order valence-corrected chi connectivity index (χ2v) is 8.08. The molecule has 0 fully saturated rings. The average Bonchev–Trinajstić information content (AvgIpc) is 2.93. The first-order valence-corrected chi connectivity index (χ1v) is 11.9. The number of nitrogens with zero attached hydrogens (tertiary/aromatic N) is 2. The van der Waals surface area contributed by atoms with E-state index in [2.05, 4.69) is 31.7 Å². The summed E-state index contributed by atoms with van der Waals surface area (Å²) >= 11 is 0. The Labute approximate surface area is 220 Å². The van der Waals surface area contributed by atoms with Crippen molar-refractivity contribution in [3.8, 4) is 0 Å². The zero-order valence-electron chi connectivity index (χ0n) is 20.6. The fourth-order valence-corrected chi connectivity index (χ4v) is 3.08. The second kappa shape index (κ2) is 15.1. The average molecular weight is 513 g/mol. The molecule has 3 rings (SSSR count). The zero-order valence-corrected chi connectivity index (χ0v) is 20.6. The molecule has 10 nitrogen and oxygen atoms in total. The molecule has 0 aliphatic rings. The number of benzene rings is 3. The lowest BCUT2D eigenvalue weighted by atomic mass is 10.2. The molecule has 4 amide bonds. The van der Waals surface area contributed by atoms with Gasteiger partial charge < -0.3 is 10.6 Å². The fraction of sp³-hybridized carbons (Fsp3) is 0.143. The van der Waals surface area contributed by atoms with E-state index in [4.69, 9.17) is 0 Å². The summed E-state index contributed by atoms with van der Waals surface area (Å²) in [4.78, 5) is 47.6. The molecule has 0 saturated carbocycles. The molecule has 0 radical (unpaired) electrons. The summed E-state index contributed by atoms with van der Waals surface area (Å²) in [7, 11) is 0. The smallest absolute Gasteiger partial charge is 0.240 e. The Morgan fingerprint density at radius 2 is 0.842 bits per heavy atom. The lowest BCUT2D eigenvalue weighted by Gasteiger charge is -2.04. The Morgan fingerprint density at radius 1 is 0.500 bits per heavy atom. The molecule has 3 aromatic rings. The van der Waals surface area contributed by atoms with Gasteiger partial charge in [-0.1, -0.05) is 60.7 Å². The van der Waals surface area contributed by atoms with Crippen LogP contribution >= 0.6 is 0 Å². The number of nitrogens with one attached hydrogen (secondary N) is 4. The van der Waals surface area contributed by atoms with Gasteiger partial charge in [0.15, 0.2) is 0 Å². The first-order chi connectivity index (χ1) is 18.5. The van der Waals surface area contributed by atoms with Crippen LogP contribution in [0.25, 0.3) is 0 Å². The van der Waals surface area contributed by atoms with Gasteiger partial charge in [0.05, 0.1) is 12.4 Å². The number of hydrogen-bond donors (Lipinski definition) is 4. The third-order valence-electron chi connectivity index (χ3n) is 5.02. The summed E-state index contributed by atoms with van der Waals surface area (Å²) in [6.07, 6.45) is 3.06. The molecule has 0 aliphatic heterocycles. The Morgan fingerprint density at radius 3 is 1.21 bits per heavy atom. The molecular weight excluding hydrogens is 484 g/mol. The Balaban J connectivity index is 1.31. The molecular formula is C28H28N6O4. The quantitative estimate of drug-likeness (QED) is 0.218. The van der Waals surface area contributed by atoms with Crippen molar-refractivity contribution < 1.29 is 19.2 Å². The molecule has 0 unspecified atom stereocenters. The molecule has 0 heterocycles. The van der Waals surface area contributed by atoms with Crippen molar-refractivity contribution in [2.24, 2.45) is 10.2 Å². The van der Waals surface area contributed by atoms with Gasteiger partial charge in [-0.3, -0.25) is 19.2 Å². The van der Waals surface area contributed by atoms with Crippen LogP contribution in [0.2, 0.25) is 0 Å². The van der Waals surface area contributed by atoms with Gasteiger partial charge in [0.25, 0.3) is 0 Å². The largest absolute Gasteiger partial charge is 0.326 e. The summed E-state index contributed by atoms with van der Waals surface area (Å²) in [5.74, 6) is -1.25. The summed E-state index contributed by atoms with van der Waals surface area (Å²) in [6, 6.07) is 25.1. The molecule has 3 aromatic carbocycles. The number of para-hydroxylation sites is 2. The van der Waals surface area contributed by atoms with Crippen molar-refractivity contribution in [3.63, 3.8) is 0 Å². The first-order valence-electron chi connectivity index (χ1n) is 11.9. The van der Waals surface area contributed by atoms with E-state index in [1.54, 1.807) is 48.5 Å². The van der Waals surface area contributed by atoms with Crippen LogP contribution in [-0.4, -0.2) is 36.1 Å². The van der Waals surface area contributed by atoms with Crippen LogP contribution < -0.4 is 21.5 Å². The molecule has 4 N–H and O–H groups in total. The van der Waals surface area contributed by atoms with Gasteiger partial charge in [0.2, 0.25) is 23.6 Å². The highest BCUT2D eigenvalue weighted by Crippen LogP contribution is 2.07. The molecule has 0 aromatic heterocycles. The van der Waals surface area contributed by atoms with E-state index < -0.39 is 0 Å². The van der Waals surface area contributed by atoms with Crippen LogP contribution in [0.4, 0.5) is 11.4 Å². The maximum Gasteiger partial charge on any atom is 0.240 e. The van der Waals surface area contributed by atoms with Crippen LogP contribution in [0.15, 0.2) is 95.1 Å². The Kier molecular flexibility index (Phi) is 10.9. The highest BCUT2D eigenvalue weighted by molar-refractivity contribution is 5.94. The van der Waals surface area contributed by atoms with E-state index in [1.807, 2.05) is 36.4 Å². The minimum absolute atomic E-state index is 0.00876. The highest BCUT2D eigenvalue weighted by atomic mass is 16.2. The van der Waals surface area contributed by atoms with Crippen LogP contribution in [0, 0.1) is 0 Å². The summed E-state index contributed by atoms with van der Waals surface area (Å²) in [5.41, 5.74) is 7.61. The first kappa shape index (κ1) is 27.5. The number of carbonyl (C=O) groups excluding carboxylic acids is 4. The normalized spacial score (nSPS) is 10.7. The van der Waals surface area contributed by atoms with Gasteiger partial charge in [-0.2, -0.15) is 10.2 Å². The van der Waals surface area contributed by atoms with E-state index in [9.17, 15) is 19.2 Å². The van der Waals surface area contributed by atoms with Gasteiger partial charge in [-0.25, -0.2) is 10.9 Å². The summed E-state index contributed by atoms with van der Waals surface area (Å²) in [6.45, 7) is 0. The molecule has 0 saturated heterocycles. The zero-order chi connectivity index (χ0) is 27.0. The third kappa shape index (κ3) is 10.6. The van der Waals surface area contributed by atoms with E-state index in [0.29, 0.717) is 11.4 Å². The maximum atomic E-state index is 11.9. The van der Waals surface area contributed by atoms with Crippen molar-refractivity contribution in [2.75, 3.05) is 10.6 Å². The molecule has 0 bridgehead atoms. The van der Waals surface area contributed by atoms with Gasteiger partial charge in [-0.05, 0) is 35.4 Å². The number of anilines is 2. The number of amides is 4. The van der Waals surface area contributed by atoms with Crippen LogP contribution in [0.5, 0.6) is 0 Å². The topological polar surface area (TPSA) is 141 Å². The molecule has 0 aliphatic carbocycles. The number of hydrogen-bond acceptors (Lipinski definition) is 6. The van der Waals surface area contributed by atoms with Gasteiger partial charge in [-0.15, -0.1) is 0 Å². The predicted octanol–water partition coefficient (Wildman–Crippen LogP) is 3.42. The third-order valence-corrected chi connectivity index (χ3v) is 5.02. The lowest BCUT2D eigenvalue weighted by molar-refractivity contribution is -0.124. The molecule has 194 valence electrons. The predicted molar refractivity (Wildman–Crippen MR) is 147 cm³/mol. The molecule has 0 spiro atoms. The Hall–Kier alpha value is -5.12. The molecule has 38 heavy (non-hydrogen) atoms. The van der Waals surface area contributed by atoms with E-state index in [0.717, 1.165) is 11.1 Å². The second-order valence-electron chi connectivity index (χ2n) is 8.08. The summed E-state index contributed by atoms with van der Waals surface area (Å²) < 4.78 is 0. The van der Waals surface area contributed by atoms with Gasteiger partial charge in [0, 0.05) is 37.1 Å². The van der Waals surface area contributed by atoms with E-state index >= 15 is 0 Å². The molecule has 10 heteroatoms. The lowest BCUT2D eigenvalue weighted by Crippen LogP contribution is -2.20. The van der Waals surface area contributed by atoms with Crippen molar-refractivity contribution in [1.29, 1.82) is 0 Å². The molecule has 0 atom stereocenters. The van der Waals surface area contributed by atoms with Crippen LogP contribution in [0.1, 0.15) is 36.8 Å². The minimum Gasteiger partial charge on any atom is -0.326 e. The van der Waals surface area contributed by atoms with Crippen molar-refractivity contribution in [1.82, 2.24) is 10.9 Å². The summed E-state index contributed by atoms with van der Waals surface area (Å²) in [5, 5.41) is 13.2. The van der Waals surface area contributed by atoms with E-state index in [-0.39, 0.29) is 49.3 Å². The van der Waals surface area contributed by atoms with Gasteiger partial charge >= 0.3 is 0 Å². The van der Waals surface area contributed by atoms with Crippen LogP contribution in [0.3, 0.4) is 0 Å². The number of hydrazone groups is 2. The minimum atomic E-state index is -0.374. The van der Waals surface area contributed by atoms with Crippen LogP contribution in [-0.2, 0) is 19.2 Å².